The van der Waals surface area contributed by atoms with Gasteiger partial charge in [0.15, 0.2) is 5.13 Å². The number of carbonyl (C=O) groups excluding carboxylic acids is 1. The summed E-state index contributed by atoms with van der Waals surface area (Å²) in [6.07, 6.45) is 0.843. The van der Waals surface area contributed by atoms with Gasteiger partial charge in [0, 0.05) is 11.3 Å². The smallest absolute Gasteiger partial charge is 0.309 e. The molecule has 13 heavy (non-hydrogen) atoms. The largest absolute Gasteiger partial charge is 0.469 e. The third-order valence-electron chi connectivity index (χ3n) is 2.21. The maximum Gasteiger partial charge on any atom is 0.309 e. The Morgan fingerprint density at radius 2 is 2.62 bits per heavy atom. The van der Waals surface area contributed by atoms with Crippen molar-refractivity contribution < 1.29 is 9.53 Å². The van der Waals surface area contributed by atoms with Gasteiger partial charge in [0.05, 0.1) is 18.7 Å². The summed E-state index contributed by atoms with van der Waals surface area (Å²) >= 11 is 1.41. The van der Waals surface area contributed by atoms with Crippen molar-refractivity contribution in [2.45, 2.75) is 12.3 Å². The number of nitrogens with two attached hydrogens (primary N) is 1. The highest BCUT2D eigenvalue weighted by Gasteiger charge is 2.46. The molecule has 2 unspecified atom stereocenters. The van der Waals surface area contributed by atoms with Crippen LogP contribution < -0.4 is 5.73 Å². The van der Waals surface area contributed by atoms with Gasteiger partial charge in [0.1, 0.15) is 0 Å². The molecule has 1 aromatic rings. The standard InChI is InChI=1S/C8H10N2O2S/c1-12-7(11)5-2-4(5)6-3-13-8(9)10-6/h3-5H,2H2,1H3,(H2,9,10). The summed E-state index contributed by atoms with van der Waals surface area (Å²) < 4.78 is 4.64. The van der Waals surface area contributed by atoms with Crippen molar-refractivity contribution in [3.63, 3.8) is 0 Å². The van der Waals surface area contributed by atoms with Crippen LogP contribution in [-0.4, -0.2) is 18.1 Å². The lowest BCUT2D eigenvalue weighted by Crippen LogP contribution is -2.03. The van der Waals surface area contributed by atoms with Crippen LogP contribution in [0.25, 0.3) is 0 Å². The molecular weight excluding hydrogens is 188 g/mol. The van der Waals surface area contributed by atoms with Crippen LogP contribution in [0.4, 0.5) is 5.13 Å². The predicted octanol–water partition coefficient (Wildman–Crippen LogP) is 1.00. The zero-order chi connectivity index (χ0) is 9.42. The highest BCUT2D eigenvalue weighted by Crippen LogP contribution is 2.48. The first kappa shape index (κ1) is 8.50. The highest BCUT2D eigenvalue weighted by molar-refractivity contribution is 7.13. The van der Waals surface area contributed by atoms with Crippen molar-refractivity contribution >= 4 is 22.4 Å². The third kappa shape index (κ3) is 1.51. The van der Waals surface area contributed by atoms with Gasteiger partial charge in [-0.2, -0.15) is 0 Å². The molecule has 2 N–H and O–H groups in total. The number of esters is 1. The van der Waals surface area contributed by atoms with Crippen molar-refractivity contribution in [3.05, 3.63) is 11.1 Å². The molecule has 2 atom stereocenters. The summed E-state index contributed by atoms with van der Waals surface area (Å²) in [7, 11) is 1.41. The van der Waals surface area contributed by atoms with Gasteiger partial charge in [-0.25, -0.2) is 4.98 Å². The van der Waals surface area contributed by atoms with E-state index in [1.807, 2.05) is 5.38 Å². The second kappa shape index (κ2) is 2.99. The average molecular weight is 198 g/mol. The number of hydrogen-bond donors (Lipinski definition) is 1. The lowest BCUT2D eigenvalue weighted by Gasteiger charge is -1.94. The van der Waals surface area contributed by atoms with E-state index < -0.39 is 0 Å². The highest BCUT2D eigenvalue weighted by atomic mass is 32.1. The van der Waals surface area contributed by atoms with Gasteiger partial charge in [-0.1, -0.05) is 0 Å². The molecule has 0 spiro atoms. The number of carbonyl (C=O) groups is 1. The lowest BCUT2D eigenvalue weighted by atomic mass is 10.2. The molecule has 70 valence electrons. The second-order valence-electron chi connectivity index (χ2n) is 3.08. The molecule has 1 aliphatic carbocycles. The number of aromatic nitrogens is 1. The first-order valence-electron chi connectivity index (χ1n) is 4.01. The van der Waals surface area contributed by atoms with Gasteiger partial charge in [-0.3, -0.25) is 4.79 Å². The first-order valence-corrected chi connectivity index (χ1v) is 4.89. The van der Waals surface area contributed by atoms with Crippen LogP contribution >= 0.6 is 11.3 Å². The molecule has 1 aromatic heterocycles. The van der Waals surface area contributed by atoms with E-state index in [1.54, 1.807) is 0 Å². The zero-order valence-electron chi connectivity index (χ0n) is 7.19. The van der Waals surface area contributed by atoms with E-state index in [0.29, 0.717) is 5.13 Å². The molecule has 4 nitrogen and oxygen atoms in total. The Bertz CT molecular complexity index is 337. The van der Waals surface area contributed by atoms with Gasteiger partial charge in [-0.05, 0) is 6.42 Å². The number of ether oxygens (including phenoxy) is 1. The first-order chi connectivity index (χ1) is 6.22. The maximum atomic E-state index is 11.1. The summed E-state index contributed by atoms with van der Waals surface area (Å²) in [6.45, 7) is 0. The molecule has 0 bridgehead atoms. The van der Waals surface area contributed by atoms with E-state index in [1.165, 1.54) is 18.4 Å². The van der Waals surface area contributed by atoms with Crippen LogP contribution in [0, 0.1) is 5.92 Å². The van der Waals surface area contributed by atoms with Crippen molar-refractivity contribution in [1.82, 2.24) is 4.98 Å². The maximum absolute atomic E-state index is 11.1. The van der Waals surface area contributed by atoms with Crippen molar-refractivity contribution in [2.24, 2.45) is 5.92 Å². The van der Waals surface area contributed by atoms with Gasteiger partial charge < -0.3 is 10.5 Å². The number of anilines is 1. The fourth-order valence-electron chi connectivity index (χ4n) is 1.40. The Hall–Kier alpha value is -1.10. The van der Waals surface area contributed by atoms with Gasteiger partial charge in [0.25, 0.3) is 0 Å². The molecule has 2 rings (SSSR count). The zero-order valence-corrected chi connectivity index (χ0v) is 8.00. The average Bonchev–Trinajstić information content (AvgIpc) is 2.82. The Morgan fingerprint density at radius 1 is 1.85 bits per heavy atom. The van der Waals surface area contributed by atoms with Crippen LogP contribution in [0.3, 0.4) is 0 Å². The molecule has 1 saturated carbocycles. The third-order valence-corrected chi connectivity index (χ3v) is 2.91. The van der Waals surface area contributed by atoms with Crippen molar-refractivity contribution in [1.29, 1.82) is 0 Å². The second-order valence-corrected chi connectivity index (χ2v) is 3.97. The Labute approximate surface area is 79.7 Å². The minimum atomic E-state index is -0.142. The summed E-state index contributed by atoms with van der Waals surface area (Å²) in [4.78, 5) is 15.2. The van der Waals surface area contributed by atoms with Crippen molar-refractivity contribution in [2.75, 3.05) is 12.8 Å². The minimum absolute atomic E-state index is 0.00602. The summed E-state index contributed by atoms with van der Waals surface area (Å²) in [6, 6.07) is 0. The molecule has 1 aliphatic rings. The fraction of sp³-hybridized carbons (Fsp3) is 0.500. The number of methoxy groups -OCH3 is 1. The van der Waals surface area contributed by atoms with Crippen LogP contribution in [0.1, 0.15) is 18.0 Å². The van der Waals surface area contributed by atoms with E-state index >= 15 is 0 Å². The van der Waals surface area contributed by atoms with Gasteiger partial charge in [-0.15, -0.1) is 11.3 Å². The summed E-state index contributed by atoms with van der Waals surface area (Å²) in [5, 5.41) is 2.47. The number of nitrogen functional groups attached to an aromatic ring is 1. The Balaban J connectivity index is 2.04. The van der Waals surface area contributed by atoms with Crippen LogP contribution in [-0.2, 0) is 9.53 Å². The summed E-state index contributed by atoms with van der Waals surface area (Å²) in [5.41, 5.74) is 6.42. The predicted molar refractivity (Wildman–Crippen MR) is 49.4 cm³/mol. The lowest BCUT2D eigenvalue weighted by molar-refractivity contribution is -0.142. The number of nitrogens with zero attached hydrogens (tertiary/aromatic N) is 1. The van der Waals surface area contributed by atoms with E-state index in [2.05, 4.69) is 9.72 Å². The number of rotatable bonds is 2. The van der Waals surface area contributed by atoms with E-state index in [9.17, 15) is 4.79 Å². The Morgan fingerprint density at radius 3 is 3.15 bits per heavy atom. The topological polar surface area (TPSA) is 65.2 Å². The van der Waals surface area contributed by atoms with Crippen LogP contribution in [0.5, 0.6) is 0 Å². The molecule has 0 amide bonds. The van der Waals surface area contributed by atoms with E-state index in [0.717, 1.165) is 12.1 Å². The molecule has 1 heterocycles. The van der Waals surface area contributed by atoms with Gasteiger partial charge >= 0.3 is 5.97 Å². The van der Waals surface area contributed by atoms with E-state index in [4.69, 9.17) is 5.73 Å². The molecular formula is C8H10N2O2S. The minimum Gasteiger partial charge on any atom is -0.469 e. The molecule has 0 aliphatic heterocycles. The molecule has 0 radical (unpaired) electrons. The quantitative estimate of drug-likeness (QED) is 0.720. The fourth-order valence-corrected chi connectivity index (χ4v) is 2.03. The van der Waals surface area contributed by atoms with Crippen molar-refractivity contribution in [3.8, 4) is 0 Å². The molecule has 0 saturated heterocycles. The molecule has 0 aromatic carbocycles. The van der Waals surface area contributed by atoms with Crippen LogP contribution in [0.2, 0.25) is 0 Å². The number of thiazole rings is 1. The van der Waals surface area contributed by atoms with E-state index in [-0.39, 0.29) is 17.8 Å². The molecule has 5 heteroatoms. The molecule has 1 fully saturated rings. The Kier molecular flexibility index (Phi) is 1.95. The SMILES string of the molecule is COC(=O)C1CC1c1csc(N)n1. The monoisotopic (exact) mass is 198 g/mol. The number of hydrogen-bond acceptors (Lipinski definition) is 5. The summed E-state index contributed by atoms with van der Waals surface area (Å²) in [5.74, 6) is 0.101. The van der Waals surface area contributed by atoms with Gasteiger partial charge in [0.2, 0.25) is 0 Å². The van der Waals surface area contributed by atoms with Crippen LogP contribution in [0.15, 0.2) is 5.38 Å². The normalized spacial score (nSPS) is 25.6.